The second-order valence-corrected chi connectivity index (χ2v) is 11.7. The minimum Gasteiger partial charge on any atom is -0.492 e. The molecule has 8 heteroatoms. The smallest absolute Gasteiger partial charge is 0.410 e. The molecule has 2 atom stereocenters. The van der Waals surface area contributed by atoms with Crippen molar-refractivity contribution in [2.45, 2.75) is 57.8 Å². The number of carbonyl (C=O) groups is 1. The molecule has 1 aromatic carbocycles. The van der Waals surface area contributed by atoms with E-state index >= 15 is 0 Å². The number of amides is 1. The Bertz CT molecular complexity index is 1110. The van der Waals surface area contributed by atoms with Crippen LogP contribution in [0, 0.1) is 0 Å². The molecule has 37 heavy (non-hydrogen) atoms. The van der Waals surface area contributed by atoms with Crippen LogP contribution < -0.4 is 9.64 Å². The van der Waals surface area contributed by atoms with E-state index in [1.807, 2.05) is 44.0 Å². The molecule has 0 bridgehead atoms. The van der Waals surface area contributed by atoms with Gasteiger partial charge in [0.2, 0.25) is 0 Å². The zero-order valence-corrected chi connectivity index (χ0v) is 22.9. The van der Waals surface area contributed by atoms with Crippen LogP contribution in [0.5, 0.6) is 5.75 Å². The van der Waals surface area contributed by atoms with Gasteiger partial charge in [0.1, 0.15) is 11.4 Å². The summed E-state index contributed by atoms with van der Waals surface area (Å²) in [6, 6.07) is 10.6. The molecule has 0 N–H and O–H groups in total. The average molecular weight is 508 g/mol. The van der Waals surface area contributed by atoms with E-state index in [1.54, 1.807) is 0 Å². The molecule has 0 spiro atoms. The minimum atomic E-state index is -0.543. The number of anilines is 1. The van der Waals surface area contributed by atoms with Crippen LogP contribution in [0.3, 0.4) is 0 Å². The van der Waals surface area contributed by atoms with Gasteiger partial charge in [-0.15, -0.1) is 0 Å². The normalized spacial score (nSPS) is 22.3. The number of carbonyl (C=O) groups excluding carboxylic acids is 1. The summed E-state index contributed by atoms with van der Waals surface area (Å²) in [4.78, 5) is 27.3. The topological polar surface area (TPSA) is 61.4 Å². The van der Waals surface area contributed by atoms with E-state index < -0.39 is 5.60 Å². The van der Waals surface area contributed by atoms with Crippen LogP contribution in [-0.4, -0.2) is 90.8 Å². The maximum absolute atomic E-state index is 13.4. The van der Waals surface area contributed by atoms with E-state index in [0.717, 1.165) is 57.0 Å². The Kier molecular flexibility index (Phi) is 7.32. The van der Waals surface area contributed by atoms with E-state index in [-0.39, 0.29) is 18.2 Å². The van der Waals surface area contributed by atoms with Crippen molar-refractivity contribution in [3.8, 4) is 5.75 Å². The van der Waals surface area contributed by atoms with Crippen LogP contribution in [0.1, 0.15) is 50.1 Å². The number of nitrogens with zero attached hydrogens (tertiary/aromatic N) is 5. The van der Waals surface area contributed by atoms with Gasteiger partial charge in [0.25, 0.3) is 0 Å². The Labute approximate surface area is 221 Å². The monoisotopic (exact) mass is 507 g/mol. The summed E-state index contributed by atoms with van der Waals surface area (Å²) in [5, 5.41) is 0. The lowest BCUT2D eigenvalue weighted by Gasteiger charge is -2.43. The van der Waals surface area contributed by atoms with Gasteiger partial charge < -0.3 is 19.3 Å². The molecule has 2 aromatic rings. The molecule has 4 heterocycles. The molecule has 8 nitrogen and oxygen atoms in total. The highest BCUT2D eigenvalue weighted by Crippen LogP contribution is 2.36. The van der Waals surface area contributed by atoms with Crippen molar-refractivity contribution < 1.29 is 14.3 Å². The summed E-state index contributed by atoms with van der Waals surface area (Å²) in [5.74, 6) is 0.862. The highest BCUT2D eigenvalue weighted by Gasteiger charge is 2.37. The fourth-order valence-corrected chi connectivity index (χ4v) is 5.79. The largest absolute Gasteiger partial charge is 0.492 e. The SMILES string of the molecule is CN1CCN(c2cccc3c2C[C@H](CN(C)[C@H]2CCOc4cccnc42)N(C(=O)OC(C)(C)C)C3)CC1. The highest BCUT2D eigenvalue weighted by molar-refractivity contribution is 5.70. The number of likely N-dealkylation sites (N-methyl/N-ethyl adjacent to an activating group) is 2. The van der Waals surface area contributed by atoms with Crippen molar-refractivity contribution in [2.24, 2.45) is 0 Å². The molecule has 1 aromatic heterocycles. The highest BCUT2D eigenvalue weighted by atomic mass is 16.6. The van der Waals surface area contributed by atoms with Gasteiger partial charge in [0.15, 0.2) is 0 Å². The van der Waals surface area contributed by atoms with Crippen molar-refractivity contribution in [3.05, 3.63) is 53.3 Å². The number of aromatic nitrogens is 1. The maximum atomic E-state index is 13.4. The van der Waals surface area contributed by atoms with Gasteiger partial charge in [-0.1, -0.05) is 12.1 Å². The van der Waals surface area contributed by atoms with Gasteiger partial charge in [0.05, 0.1) is 24.4 Å². The number of pyridine rings is 1. The Morgan fingerprint density at radius 1 is 1.16 bits per heavy atom. The van der Waals surface area contributed by atoms with Crippen molar-refractivity contribution in [1.29, 1.82) is 0 Å². The summed E-state index contributed by atoms with van der Waals surface area (Å²) in [6.07, 6.45) is 3.27. The van der Waals surface area contributed by atoms with Gasteiger partial charge in [-0.3, -0.25) is 14.8 Å². The van der Waals surface area contributed by atoms with E-state index in [1.165, 1.54) is 16.8 Å². The second kappa shape index (κ2) is 10.5. The number of piperazine rings is 1. The molecule has 0 saturated carbocycles. The van der Waals surface area contributed by atoms with E-state index in [4.69, 9.17) is 9.47 Å². The first-order valence-electron chi connectivity index (χ1n) is 13.5. The van der Waals surface area contributed by atoms with Gasteiger partial charge >= 0.3 is 6.09 Å². The Hall–Kier alpha value is -2.84. The zero-order chi connectivity index (χ0) is 26.2. The lowest BCUT2D eigenvalue weighted by Crippen LogP contribution is -2.52. The quantitative estimate of drug-likeness (QED) is 0.621. The van der Waals surface area contributed by atoms with Crippen LogP contribution in [-0.2, 0) is 17.7 Å². The molecule has 1 fully saturated rings. The van der Waals surface area contributed by atoms with Crippen molar-refractivity contribution in [2.75, 3.05) is 58.3 Å². The number of fused-ring (bicyclic) bond motifs is 2. The molecule has 0 unspecified atom stereocenters. The first-order valence-corrected chi connectivity index (χ1v) is 13.5. The average Bonchev–Trinajstić information content (AvgIpc) is 2.87. The molecule has 1 saturated heterocycles. The van der Waals surface area contributed by atoms with Gasteiger partial charge in [-0.05, 0) is 70.6 Å². The van der Waals surface area contributed by atoms with Crippen LogP contribution in [0.2, 0.25) is 0 Å². The first kappa shape index (κ1) is 25.8. The number of hydrogen-bond donors (Lipinski definition) is 0. The molecule has 3 aliphatic rings. The Morgan fingerprint density at radius 3 is 2.70 bits per heavy atom. The summed E-state index contributed by atoms with van der Waals surface area (Å²) < 4.78 is 11.7. The number of rotatable bonds is 4. The third-order valence-electron chi connectivity index (χ3n) is 7.74. The summed E-state index contributed by atoms with van der Waals surface area (Å²) in [6.45, 7) is 11.9. The molecule has 1 amide bonds. The number of benzene rings is 1. The Morgan fingerprint density at radius 2 is 1.95 bits per heavy atom. The van der Waals surface area contributed by atoms with Crippen molar-refractivity contribution >= 4 is 11.8 Å². The van der Waals surface area contributed by atoms with Crippen LogP contribution in [0.15, 0.2) is 36.5 Å². The molecular weight excluding hydrogens is 466 g/mol. The van der Waals surface area contributed by atoms with E-state index in [0.29, 0.717) is 13.2 Å². The van der Waals surface area contributed by atoms with E-state index in [9.17, 15) is 4.79 Å². The summed E-state index contributed by atoms with van der Waals surface area (Å²) >= 11 is 0. The molecule has 200 valence electrons. The fraction of sp³-hybridized carbons (Fsp3) is 0.586. The molecule has 5 rings (SSSR count). The zero-order valence-electron chi connectivity index (χ0n) is 22.9. The molecular formula is C29H41N5O3. The third kappa shape index (κ3) is 5.70. The van der Waals surface area contributed by atoms with Crippen LogP contribution in [0.4, 0.5) is 10.5 Å². The number of hydrogen-bond acceptors (Lipinski definition) is 7. The van der Waals surface area contributed by atoms with Crippen molar-refractivity contribution in [1.82, 2.24) is 19.7 Å². The molecule has 0 radical (unpaired) electrons. The predicted molar refractivity (Wildman–Crippen MR) is 145 cm³/mol. The standard InChI is InChI=1S/C29H41N5O3/c1-29(2,3)37-28(35)34-19-21-8-6-9-24(33-15-13-31(4)14-16-33)23(21)18-22(34)20-32(5)25-11-17-36-26-10-7-12-30-27(25)26/h6-10,12,22,25H,11,13-20H2,1-5H3/t22-,25+/m1/s1. The first-order chi connectivity index (χ1) is 17.7. The van der Waals surface area contributed by atoms with E-state index in [2.05, 4.69) is 52.0 Å². The second-order valence-electron chi connectivity index (χ2n) is 11.7. The summed E-state index contributed by atoms with van der Waals surface area (Å²) in [5.41, 5.74) is 4.35. The number of ether oxygens (including phenoxy) is 2. The fourth-order valence-electron chi connectivity index (χ4n) is 5.79. The predicted octanol–water partition coefficient (Wildman–Crippen LogP) is 3.95. The lowest BCUT2D eigenvalue weighted by molar-refractivity contribution is 0.00586. The minimum absolute atomic E-state index is 0.00373. The molecule has 3 aliphatic heterocycles. The van der Waals surface area contributed by atoms with Gasteiger partial charge in [-0.2, -0.15) is 0 Å². The van der Waals surface area contributed by atoms with Crippen LogP contribution >= 0.6 is 0 Å². The molecule has 0 aliphatic carbocycles. The lowest BCUT2D eigenvalue weighted by atomic mass is 9.91. The Balaban J connectivity index is 1.43. The van der Waals surface area contributed by atoms with Gasteiger partial charge in [-0.25, -0.2) is 4.79 Å². The third-order valence-corrected chi connectivity index (χ3v) is 7.74. The van der Waals surface area contributed by atoms with Crippen LogP contribution in [0.25, 0.3) is 0 Å². The van der Waals surface area contributed by atoms with Crippen molar-refractivity contribution in [3.63, 3.8) is 0 Å². The maximum Gasteiger partial charge on any atom is 0.410 e. The van der Waals surface area contributed by atoms with Gasteiger partial charge in [0, 0.05) is 57.6 Å². The summed E-state index contributed by atoms with van der Waals surface area (Å²) in [7, 11) is 4.33.